The lowest BCUT2D eigenvalue weighted by Crippen LogP contribution is -2.35. The summed E-state index contributed by atoms with van der Waals surface area (Å²) in [5.41, 5.74) is 1.92. The second-order valence-corrected chi connectivity index (χ2v) is 4.78. The maximum absolute atomic E-state index is 13.5. The van der Waals surface area contributed by atoms with Gasteiger partial charge in [0.2, 0.25) is 0 Å². The SMILES string of the molecule is CCC1CNCCC1c1ccc(C)c(F)c1. The van der Waals surface area contributed by atoms with Gasteiger partial charge in [-0.25, -0.2) is 4.39 Å². The standard InChI is InChI=1S/C14H20FN/c1-3-11-9-16-7-6-13(11)12-5-4-10(2)14(15)8-12/h4-5,8,11,13,16H,3,6-7,9H2,1-2H3. The van der Waals surface area contributed by atoms with Crippen molar-refractivity contribution in [2.75, 3.05) is 13.1 Å². The van der Waals surface area contributed by atoms with Crippen molar-refractivity contribution < 1.29 is 4.39 Å². The summed E-state index contributed by atoms with van der Waals surface area (Å²) in [6.07, 6.45) is 2.29. The highest BCUT2D eigenvalue weighted by atomic mass is 19.1. The molecule has 1 aromatic carbocycles. The molecule has 16 heavy (non-hydrogen) atoms. The second kappa shape index (κ2) is 4.96. The third kappa shape index (κ3) is 2.27. The highest BCUT2D eigenvalue weighted by Gasteiger charge is 2.25. The lowest BCUT2D eigenvalue weighted by molar-refractivity contribution is 0.317. The molecule has 0 aliphatic carbocycles. The van der Waals surface area contributed by atoms with Crippen molar-refractivity contribution in [3.8, 4) is 0 Å². The van der Waals surface area contributed by atoms with E-state index in [9.17, 15) is 4.39 Å². The first kappa shape index (κ1) is 11.6. The molecule has 2 unspecified atom stereocenters. The lowest BCUT2D eigenvalue weighted by Gasteiger charge is -2.32. The van der Waals surface area contributed by atoms with E-state index in [1.807, 2.05) is 13.0 Å². The van der Waals surface area contributed by atoms with Crippen molar-refractivity contribution in [3.63, 3.8) is 0 Å². The molecule has 1 saturated heterocycles. The Morgan fingerprint density at radius 2 is 2.25 bits per heavy atom. The summed E-state index contributed by atoms with van der Waals surface area (Å²) < 4.78 is 13.5. The molecule has 88 valence electrons. The number of hydrogen-bond donors (Lipinski definition) is 1. The maximum atomic E-state index is 13.5. The topological polar surface area (TPSA) is 12.0 Å². The molecule has 0 radical (unpaired) electrons. The Labute approximate surface area is 97.1 Å². The molecule has 2 heteroatoms. The molecular formula is C14H20FN. The highest BCUT2D eigenvalue weighted by Crippen LogP contribution is 2.32. The molecule has 1 heterocycles. The highest BCUT2D eigenvalue weighted by molar-refractivity contribution is 5.27. The van der Waals surface area contributed by atoms with Gasteiger partial charge in [-0.1, -0.05) is 25.5 Å². The Morgan fingerprint density at radius 1 is 1.44 bits per heavy atom. The van der Waals surface area contributed by atoms with Crippen LogP contribution in [-0.4, -0.2) is 13.1 Å². The average molecular weight is 221 g/mol. The third-order valence-corrected chi connectivity index (χ3v) is 3.76. The Kier molecular flexibility index (Phi) is 3.59. The van der Waals surface area contributed by atoms with Crippen LogP contribution in [0.15, 0.2) is 18.2 Å². The van der Waals surface area contributed by atoms with Crippen LogP contribution in [0.3, 0.4) is 0 Å². The van der Waals surface area contributed by atoms with Crippen LogP contribution in [-0.2, 0) is 0 Å². The zero-order valence-corrected chi connectivity index (χ0v) is 10.1. The van der Waals surface area contributed by atoms with Crippen molar-refractivity contribution >= 4 is 0 Å². The fourth-order valence-electron chi connectivity index (χ4n) is 2.63. The summed E-state index contributed by atoms with van der Waals surface area (Å²) >= 11 is 0. The van der Waals surface area contributed by atoms with Gasteiger partial charge in [-0.3, -0.25) is 0 Å². The van der Waals surface area contributed by atoms with Gasteiger partial charge in [0.1, 0.15) is 5.82 Å². The first-order valence-corrected chi connectivity index (χ1v) is 6.19. The molecular weight excluding hydrogens is 201 g/mol. The summed E-state index contributed by atoms with van der Waals surface area (Å²) in [6, 6.07) is 5.73. The predicted molar refractivity (Wildman–Crippen MR) is 65.1 cm³/mol. The number of aryl methyl sites for hydroxylation is 1. The maximum Gasteiger partial charge on any atom is 0.126 e. The Hall–Kier alpha value is -0.890. The first-order chi connectivity index (χ1) is 7.72. The number of halogens is 1. The summed E-state index contributed by atoms with van der Waals surface area (Å²) in [4.78, 5) is 0. The van der Waals surface area contributed by atoms with Crippen molar-refractivity contribution in [1.82, 2.24) is 5.32 Å². The van der Waals surface area contributed by atoms with Gasteiger partial charge < -0.3 is 5.32 Å². The van der Waals surface area contributed by atoms with E-state index in [0.717, 1.165) is 31.5 Å². The molecule has 1 nitrogen and oxygen atoms in total. The van der Waals surface area contributed by atoms with Crippen LogP contribution in [0.1, 0.15) is 36.8 Å². The number of hydrogen-bond acceptors (Lipinski definition) is 1. The number of benzene rings is 1. The van der Waals surface area contributed by atoms with E-state index < -0.39 is 0 Å². The largest absolute Gasteiger partial charge is 0.316 e. The number of piperidine rings is 1. The van der Waals surface area contributed by atoms with Crippen molar-refractivity contribution in [2.45, 2.75) is 32.6 Å². The van der Waals surface area contributed by atoms with E-state index in [1.54, 1.807) is 6.07 Å². The van der Waals surface area contributed by atoms with Crippen LogP contribution in [0.5, 0.6) is 0 Å². The summed E-state index contributed by atoms with van der Waals surface area (Å²) in [7, 11) is 0. The van der Waals surface area contributed by atoms with Gasteiger partial charge in [-0.15, -0.1) is 0 Å². The molecule has 0 saturated carbocycles. The van der Waals surface area contributed by atoms with Crippen molar-refractivity contribution in [2.24, 2.45) is 5.92 Å². The zero-order chi connectivity index (χ0) is 11.5. The molecule has 0 spiro atoms. The monoisotopic (exact) mass is 221 g/mol. The predicted octanol–water partition coefficient (Wildman–Crippen LogP) is 3.24. The minimum atomic E-state index is -0.0640. The molecule has 1 fully saturated rings. The van der Waals surface area contributed by atoms with E-state index in [-0.39, 0.29) is 5.82 Å². The fourth-order valence-corrected chi connectivity index (χ4v) is 2.63. The molecule has 2 rings (SSSR count). The van der Waals surface area contributed by atoms with E-state index in [1.165, 1.54) is 5.56 Å². The minimum absolute atomic E-state index is 0.0640. The normalized spacial score (nSPS) is 25.7. The Balaban J connectivity index is 2.23. The Bertz CT molecular complexity index is 362. The smallest absolute Gasteiger partial charge is 0.126 e. The van der Waals surface area contributed by atoms with Crippen LogP contribution < -0.4 is 5.32 Å². The van der Waals surface area contributed by atoms with Gasteiger partial charge in [-0.05, 0) is 55.5 Å². The molecule has 1 aliphatic heterocycles. The van der Waals surface area contributed by atoms with Gasteiger partial charge in [0, 0.05) is 0 Å². The van der Waals surface area contributed by atoms with Gasteiger partial charge in [0.15, 0.2) is 0 Å². The van der Waals surface area contributed by atoms with Gasteiger partial charge >= 0.3 is 0 Å². The van der Waals surface area contributed by atoms with Crippen LogP contribution in [0.4, 0.5) is 4.39 Å². The van der Waals surface area contributed by atoms with Crippen LogP contribution in [0, 0.1) is 18.7 Å². The second-order valence-electron chi connectivity index (χ2n) is 4.78. The number of nitrogens with one attached hydrogen (secondary N) is 1. The average Bonchev–Trinajstić information content (AvgIpc) is 2.32. The summed E-state index contributed by atoms with van der Waals surface area (Å²) in [5, 5.41) is 3.42. The molecule has 0 aromatic heterocycles. The molecule has 0 amide bonds. The van der Waals surface area contributed by atoms with Crippen LogP contribution >= 0.6 is 0 Å². The molecule has 2 atom stereocenters. The molecule has 1 aliphatic rings. The van der Waals surface area contributed by atoms with Crippen LogP contribution in [0.2, 0.25) is 0 Å². The third-order valence-electron chi connectivity index (χ3n) is 3.76. The molecule has 1 aromatic rings. The quantitative estimate of drug-likeness (QED) is 0.808. The molecule has 1 N–H and O–H groups in total. The lowest BCUT2D eigenvalue weighted by atomic mass is 9.79. The summed E-state index contributed by atoms with van der Waals surface area (Å²) in [5.74, 6) is 1.11. The minimum Gasteiger partial charge on any atom is -0.316 e. The van der Waals surface area contributed by atoms with Gasteiger partial charge in [-0.2, -0.15) is 0 Å². The zero-order valence-electron chi connectivity index (χ0n) is 10.1. The van der Waals surface area contributed by atoms with E-state index in [2.05, 4.69) is 18.3 Å². The number of rotatable bonds is 2. The van der Waals surface area contributed by atoms with Crippen LogP contribution in [0.25, 0.3) is 0 Å². The first-order valence-electron chi connectivity index (χ1n) is 6.19. The van der Waals surface area contributed by atoms with Crippen molar-refractivity contribution in [3.05, 3.63) is 35.1 Å². The van der Waals surface area contributed by atoms with E-state index in [4.69, 9.17) is 0 Å². The van der Waals surface area contributed by atoms with Crippen molar-refractivity contribution in [1.29, 1.82) is 0 Å². The van der Waals surface area contributed by atoms with E-state index in [0.29, 0.717) is 11.8 Å². The van der Waals surface area contributed by atoms with E-state index >= 15 is 0 Å². The Morgan fingerprint density at radius 3 is 2.94 bits per heavy atom. The van der Waals surface area contributed by atoms with Gasteiger partial charge in [0.25, 0.3) is 0 Å². The van der Waals surface area contributed by atoms with Gasteiger partial charge in [0.05, 0.1) is 0 Å². The molecule has 0 bridgehead atoms. The fraction of sp³-hybridized carbons (Fsp3) is 0.571. The summed E-state index contributed by atoms with van der Waals surface area (Å²) in [6.45, 7) is 6.15.